The van der Waals surface area contributed by atoms with Crippen molar-refractivity contribution < 1.29 is 4.79 Å². The second-order valence-electron chi connectivity index (χ2n) is 5.92. The van der Waals surface area contributed by atoms with Gasteiger partial charge in [-0.25, -0.2) is 0 Å². The highest BCUT2D eigenvalue weighted by Gasteiger charge is 2.19. The number of carbonyl (C=O) groups is 1. The number of halogens is 1. The topological polar surface area (TPSA) is 75.6 Å². The second kappa shape index (κ2) is 6.22. The predicted molar refractivity (Wildman–Crippen MR) is 97.2 cm³/mol. The van der Waals surface area contributed by atoms with Crippen molar-refractivity contribution in [3.63, 3.8) is 0 Å². The Balaban J connectivity index is 1.64. The van der Waals surface area contributed by atoms with Crippen LogP contribution in [0.3, 0.4) is 0 Å². The molecule has 1 aliphatic rings. The molecule has 1 amide bonds. The van der Waals surface area contributed by atoms with Gasteiger partial charge in [0.15, 0.2) is 0 Å². The van der Waals surface area contributed by atoms with Crippen molar-refractivity contribution in [3.8, 4) is 11.3 Å². The Bertz CT molecular complexity index is 985. The highest BCUT2D eigenvalue weighted by molar-refractivity contribution is 6.31. The lowest BCUT2D eigenvalue weighted by atomic mass is 10.1. The lowest BCUT2D eigenvalue weighted by molar-refractivity contribution is 0.0946. The summed E-state index contributed by atoms with van der Waals surface area (Å²) in [6, 6.07) is 5.77. The van der Waals surface area contributed by atoms with E-state index in [1.54, 1.807) is 17.1 Å². The third-order valence-electron chi connectivity index (χ3n) is 4.12. The fourth-order valence-corrected chi connectivity index (χ4v) is 3.15. The number of nitrogens with zero attached hydrogens (tertiary/aromatic N) is 3. The highest BCUT2D eigenvalue weighted by Crippen LogP contribution is 2.25. The Morgan fingerprint density at radius 1 is 1.32 bits per heavy atom. The Kier molecular flexibility index (Phi) is 3.89. The van der Waals surface area contributed by atoms with Crippen LogP contribution in [0.15, 0.2) is 30.6 Å². The smallest absolute Gasteiger partial charge is 0.253 e. The second-order valence-corrected chi connectivity index (χ2v) is 6.33. The highest BCUT2D eigenvalue weighted by atomic mass is 35.5. The predicted octanol–water partition coefficient (Wildman–Crippen LogP) is 2.92. The summed E-state index contributed by atoms with van der Waals surface area (Å²) in [5.74, 6) is -0.0253. The van der Waals surface area contributed by atoms with E-state index in [9.17, 15) is 4.79 Å². The molecule has 0 unspecified atom stereocenters. The summed E-state index contributed by atoms with van der Waals surface area (Å²) in [4.78, 5) is 19.6. The summed E-state index contributed by atoms with van der Waals surface area (Å²) in [6.45, 7) is 0.668. The number of aryl methyl sites for hydroxylation is 1. The van der Waals surface area contributed by atoms with E-state index in [1.807, 2.05) is 37.4 Å². The molecule has 0 spiro atoms. The van der Waals surface area contributed by atoms with Crippen molar-refractivity contribution in [2.75, 3.05) is 6.54 Å². The van der Waals surface area contributed by atoms with E-state index in [4.69, 9.17) is 11.6 Å². The van der Waals surface area contributed by atoms with Crippen LogP contribution in [0.25, 0.3) is 23.4 Å². The zero-order valence-corrected chi connectivity index (χ0v) is 14.3. The van der Waals surface area contributed by atoms with E-state index in [2.05, 4.69) is 20.4 Å². The number of fused-ring (bicyclic) bond motifs is 1. The van der Waals surface area contributed by atoms with Crippen LogP contribution < -0.4 is 5.32 Å². The minimum absolute atomic E-state index is 0.0253. The van der Waals surface area contributed by atoms with Gasteiger partial charge in [-0.1, -0.05) is 11.6 Å². The Labute approximate surface area is 149 Å². The maximum Gasteiger partial charge on any atom is 0.253 e. The van der Waals surface area contributed by atoms with E-state index in [0.29, 0.717) is 17.3 Å². The third kappa shape index (κ3) is 3.08. The van der Waals surface area contributed by atoms with Gasteiger partial charge in [0, 0.05) is 49.4 Å². The van der Waals surface area contributed by atoms with Gasteiger partial charge in [0.1, 0.15) is 5.69 Å². The SMILES string of the molecule is Cn1cc(Cl)c(/C=C/c2cc(-c3cc4c([nH]3)CCNC4=O)ccn2)n1. The van der Waals surface area contributed by atoms with E-state index >= 15 is 0 Å². The van der Waals surface area contributed by atoms with E-state index < -0.39 is 0 Å². The Morgan fingerprint density at radius 3 is 2.96 bits per heavy atom. The zero-order valence-electron chi connectivity index (χ0n) is 13.6. The fraction of sp³-hybridized carbons (Fsp3) is 0.167. The standard InChI is InChI=1S/C18H16ClN5O/c1-24-10-14(19)16(23-24)3-2-12-8-11(4-6-20-12)17-9-13-15(22-17)5-7-21-18(13)25/h2-4,6,8-10,22H,5,7H2,1H3,(H,21,25)/b3-2+. The molecule has 0 radical (unpaired) electrons. The molecule has 2 N–H and O–H groups in total. The summed E-state index contributed by atoms with van der Waals surface area (Å²) in [5.41, 5.74) is 5.07. The maximum absolute atomic E-state index is 11.9. The van der Waals surface area contributed by atoms with Gasteiger partial charge in [-0.15, -0.1) is 0 Å². The molecule has 0 aliphatic carbocycles. The number of hydrogen-bond donors (Lipinski definition) is 2. The average molecular weight is 354 g/mol. The number of pyridine rings is 1. The van der Waals surface area contributed by atoms with Crippen molar-refractivity contribution in [1.29, 1.82) is 0 Å². The molecule has 0 atom stereocenters. The largest absolute Gasteiger partial charge is 0.358 e. The van der Waals surface area contributed by atoms with Crippen molar-refractivity contribution in [3.05, 3.63) is 58.3 Å². The van der Waals surface area contributed by atoms with Crippen LogP contribution in [0.1, 0.15) is 27.4 Å². The molecule has 0 bridgehead atoms. The number of amides is 1. The minimum atomic E-state index is -0.0253. The van der Waals surface area contributed by atoms with Gasteiger partial charge >= 0.3 is 0 Å². The van der Waals surface area contributed by atoms with Crippen molar-refractivity contribution >= 4 is 29.7 Å². The summed E-state index contributed by atoms with van der Waals surface area (Å²) in [7, 11) is 1.82. The van der Waals surface area contributed by atoms with Crippen LogP contribution in [0.4, 0.5) is 0 Å². The molecule has 3 aromatic heterocycles. The van der Waals surface area contributed by atoms with E-state index in [0.717, 1.165) is 34.6 Å². The van der Waals surface area contributed by atoms with Gasteiger partial charge in [0.2, 0.25) is 0 Å². The maximum atomic E-state index is 11.9. The molecule has 25 heavy (non-hydrogen) atoms. The monoisotopic (exact) mass is 353 g/mol. The first-order chi connectivity index (χ1) is 12.1. The number of rotatable bonds is 3. The molecular formula is C18H16ClN5O. The van der Waals surface area contributed by atoms with Gasteiger partial charge < -0.3 is 10.3 Å². The van der Waals surface area contributed by atoms with E-state index in [1.165, 1.54) is 0 Å². The number of aromatic nitrogens is 4. The quantitative estimate of drug-likeness (QED) is 0.760. The zero-order chi connectivity index (χ0) is 17.4. The first-order valence-electron chi connectivity index (χ1n) is 7.94. The molecule has 0 aromatic carbocycles. The molecule has 126 valence electrons. The number of H-pyrrole nitrogens is 1. The Hall–Kier alpha value is -2.86. The fourth-order valence-electron chi connectivity index (χ4n) is 2.91. The Morgan fingerprint density at radius 2 is 2.20 bits per heavy atom. The lowest BCUT2D eigenvalue weighted by Crippen LogP contribution is -2.31. The summed E-state index contributed by atoms with van der Waals surface area (Å²) >= 11 is 6.11. The summed E-state index contributed by atoms with van der Waals surface area (Å²) < 4.78 is 1.67. The molecule has 3 aromatic rings. The molecule has 4 heterocycles. The summed E-state index contributed by atoms with van der Waals surface area (Å²) in [6.07, 6.45) is 8.01. The van der Waals surface area contributed by atoms with Crippen LogP contribution >= 0.6 is 11.6 Å². The molecule has 6 nitrogen and oxygen atoms in total. The normalized spacial score (nSPS) is 13.9. The van der Waals surface area contributed by atoms with Crippen LogP contribution in [0, 0.1) is 0 Å². The molecule has 0 saturated heterocycles. The van der Waals surface area contributed by atoms with Crippen LogP contribution in [0.2, 0.25) is 5.02 Å². The molecule has 7 heteroatoms. The molecule has 1 aliphatic heterocycles. The summed E-state index contributed by atoms with van der Waals surface area (Å²) in [5, 5.41) is 7.73. The third-order valence-corrected chi connectivity index (χ3v) is 4.41. The lowest BCUT2D eigenvalue weighted by Gasteiger charge is -2.10. The molecule has 0 fully saturated rings. The number of carbonyl (C=O) groups excluding carboxylic acids is 1. The number of aromatic amines is 1. The molecule has 4 rings (SSSR count). The van der Waals surface area contributed by atoms with Crippen LogP contribution in [-0.2, 0) is 13.5 Å². The van der Waals surface area contributed by atoms with Crippen molar-refractivity contribution in [2.24, 2.45) is 7.05 Å². The van der Waals surface area contributed by atoms with Gasteiger partial charge in [-0.3, -0.25) is 14.5 Å². The van der Waals surface area contributed by atoms with Crippen molar-refractivity contribution in [2.45, 2.75) is 6.42 Å². The van der Waals surface area contributed by atoms with Gasteiger partial charge in [-0.2, -0.15) is 5.10 Å². The molecule has 0 saturated carbocycles. The van der Waals surface area contributed by atoms with Gasteiger partial charge in [0.05, 0.1) is 16.3 Å². The average Bonchev–Trinajstić information content (AvgIpc) is 3.17. The number of nitrogens with one attached hydrogen (secondary N) is 2. The first kappa shape index (κ1) is 15.7. The molecular weight excluding hydrogens is 338 g/mol. The van der Waals surface area contributed by atoms with E-state index in [-0.39, 0.29) is 5.91 Å². The van der Waals surface area contributed by atoms with Gasteiger partial charge in [-0.05, 0) is 30.4 Å². The van der Waals surface area contributed by atoms with Crippen molar-refractivity contribution in [1.82, 2.24) is 25.1 Å². The minimum Gasteiger partial charge on any atom is -0.358 e. The van der Waals surface area contributed by atoms with Crippen LogP contribution in [0.5, 0.6) is 0 Å². The number of hydrogen-bond acceptors (Lipinski definition) is 3. The van der Waals surface area contributed by atoms with Crippen LogP contribution in [-0.4, -0.2) is 32.2 Å². The van der Waals surface area contributed by atoms with Gasteiger partial charge in [0.25, 0.3) is 5.91 Å². The first-order valence-corrected chi connectivity index (χ1v) is 8.32.